The maximum absolute atomic E-state index is 5.92. The predicted molar refractivity (Wildman–Crippen MR) is 78.1 cm³/mol. The molecule has 19 heavy (non-hydrogen) atoms. The van der Waals surface area contributed by atoms with Crippen molar-refractivity contribution in [3.8, 4) is 11.3 Å². The van der Waals surface area contributed by atoms with Crippen LogP contribution in [0.15, 0.2) is 34.7 Å². The SMILES string of the molecule is CC(C)NCc1ccc(-c2ccc3c(c2)CCC3)o1. The van der Waals surface area contributed by atoms with Crippen molar-refractivity contribution < 1.29 is 4.42 Å². The Balaban J connectivity index is 1.79. The standard InChI is InChI=1S/C17H21NO/c1-12(2)18-11-16-8-9-17(19-16)15-7-6-13-4-3-5-14(13)10-15/h6-10,12,18H,3-5,11H2,1-2H3. The maximum atomic E-state index is 5.92. The minimum atomic E-state index is 0.480. The highest BCUT2D eigenvalue weighted by Gasteiger charge is 2.13. The first-order valence-corrected chi connectivity index (χ1v) is 7.16. The molecule has 0 amide bonds. The lowest BCUT2D eigenvalue weighted by atomic mass is 10.1. The van der Waals surface area contributed by atoms with Crippen LogP contribution in [0.3, 0.4) is 0 Å². The second kappa shape index (κ2) is 5.22. The summed E-state index contributed by atoms with van der Waals surface area (Å²) in [5, 5.41) is 3.37. The molecule has 0 spiro atoms. The summed E-state index contributed by atoms with van der Waals surface area (Å²) in [6.45, 7) is 5.08. The zero-order valence-corrected chi connectivity index (χ0v) is 11.7. The number of rotatable bonds is 4. The Bertz CT molecular complexity index is 568. The van der Waals surface area contributed by atoms with Crippen molar-refractivity contribution in [2.75, 3.05) is 0 Å². The van der Waals surface area contributed by atoms with Crippen molar-refractivity contribution in [3.05, 3.63) is 47.2 Å². The van der Waals surface area contributed by atoms with Crippen LogP contribution in [-0.4, -0.2) is 6.04 Å². The molecule has 1 aliphatic carbocycles. The summed E-state index contributed by atoms with van der Waals surface area (Å²) in [5.41, 5.74) is 4.21. The van der Waals surface area contributed by atoms with E-state index in [-0.39, 0.29) is 0 Å². The van der Waals surface area contributed by atoms with E-state index in [4.69, 9.17) is 4.42 Å². The van der Waals surface area contributed by atoms with Gasteiger partial charge in [0, 0.05) is 11.6 Å². The number of fused-ring (bicyclic) bond motifs is 1. The molecule has 2 heteroatoms. The van der Waals surface area contributed by atoms with Gasteiger partial charge in [0.25, 0.3) is 0 Å². The van der Waals surface area contributed by atoms with Crippen LogP contribution >= 0.6 is 0 Å². The molecule has 100 valence electrons. The molecular weight excluding hydrogens is 234 g/mol. The van der Waals surface area contributed by atoms with Crippen molar-refractivity contribution >= 4 is 0 Å². The average Bonchev–Trinajstić information content (AvgIpc) is 3.04. The van der Waals surface area contributed by atoms with Gasteiger partial charge >= 0.3 is 0 Å². The van der Waals surface area contributed by atoms with Crippen LogP contribution in [0.2, 0.25) is 0 Å². The summed E-state index contributed by atoms with van der Waals surface area (Å²) in [5.74, 6) is 1.99. The molecule has 1 heterocycles. The molecule has 0 saturated carbocycles. The summed E-state index contributed by atoms with van der Waals surface area (Å²) in [4.78, 5) is 0. The highest BCUT2D eigenvalue weighted by atomic mass is 16.3. The third-order valence-electron chi connectivity index (χ3n) is 3.73. The van der Waals surface area contributed by atoms with Crippen molar-refractivity contribution in [3.63, 3.8) is 0 Å². The van der Waals surface area contributed by atoms with Gasteiger partial charge in [-0.25, -0.2) is 0 Å². The lowest BCUT2D eigenvalue weighted by Gasteiger charge is -2.05. The van der Waals surface area contributed by atoms with Gasteiger partial charge in [-0.05, 0) is 48.6 Å². The molecule has 1 aromatic heterocycles. The van der Waals surface area contributed by atoms with E-state index in [0.29, 0.717) is 6.04 Å². The van der Waals surface area contributed by atoms with Crippen LogP contribution in [0.1, 0.15) is 37.2 Å². The Morgan fingerprint density at radius 1 is 1.11 bits per heavy atom. The quantitative estimate of drug-likeness (QED) is 0.895. The number of nitrogens with one attached hydrogen (secondary N) is 1. The molecular formula is C17H21NO. The first-order chi connectivity index (χ1) is 9.22. The van der Waals surface area contributed by atoms with Crippen LogP contribution < -0.4 is 5.32 Å². The van der Waals surface area contributed by atoms with E-state index in [1.165, 1.54) is 36.0 Å². The molecule has 0 aliphatic heterocycles. The van der Waals surface area contributed by atoms with Gasteiger partial charge in [0.15, 0.2) is 0 Å². The molecule has 0 fully saturated rings. The lowest BCUT2D eigenvalue weighted by molar-refractivity contribution is 0.473. The van der Waals surface area contributed by atoms with Crippen LogP contribution in [-0.2, 0) is 19.4 Å². The van der Waals surface area contributed by atoms with E-state index in [1.54, 1.807) is 0 Å². The van der Waals surface area contributed by atoms with E-state index in [0.717, 1.165) is 18.1 Å². The molecule has 2 aromatic rings. The minimum Gasteiger partial charge on any atom is -0.460 e. The highest BCUT2D eigenvalue weighted by molar-refractivity contribution is 5.60. The zero-order chi connectivity index (χ0) is 13.2. The number of furan rings is 1. The number of benzene rings is 1. The number of aryl methyl sites for hydroxylation is 2. The fraction of sp³-hybridized carbons (Fsp3) is 0.412. The average molecular weight is 255 g/mol. The van der Waals surface area contributed by atoms with Crippen molar-refractivity contribution in [1.29, 1.82) is 0 Å². The van der Waals surface area contributed by atoms with E-state index in [9.17, 15) is 0 Å². The normalized spacial score (nSPS) is 14.1. The first kappa shape index (κ1) is 12.5. The van der Waals surface area contributed by atoms with Crippen LogP contribution in [0.5, 0.6) is 0 Å². The second-order valence-corrected chi connectivity index (χ2v) is 5.64. The summed E-state index contributed by atoms with van der Waals surface area (Å²) in [6.07, 6.45) is 3.74. The molecule has 1 aromatic carbocycles. The predicted octanol–water partition coefficient (Wildman–Crippen LogP) is 3.93. The molecule has 3 rings (SSSR count). The third-order valence-corrected chi connectivity index (χ3v) is 3.73. The Morgan fingerprint density at radius 2 is 1.95 bits per heavy atom. The Morgan fingerprint density at radius 3 is 2.79 bits per heavy atom. The van der Waals surface area contributed by atoms with Gasteiger partial charge < -0.3 is 9.73 Å². The van der Waals surface area contributed by atoms with E-state index < -0.39 is 0 Å². The monoisotopic (exact) mass is 255 g/mol. The summed E-state index contributed by atoms with van der Waals surface area (Å²) in [7, 11) is 0. The van der Waals surface area contributed by atoms with Crippen LogP contribution in [0.25, 0.3) is 11.3 Å². The van der Waals surface area contributed by atoms with Crippen molar-refractivity contribution in [2.24, 2.45) is 0 Å². The molecule has 1 N–H and O–H groups in total. The number of hydrogen-bond acceptors (Lipinski definition) is 2. The fourth-order valence-electron chi connectivity index (χ4n) is 2.66. The lowest BCUT2D eigenvalue weighted by Crippen LogP contribution is -2.21. The van der Waals surface area contributed by atoms with Gasteiger partial charge in [0.05, 0.1) is 6.54 Å². The summed E-state index contributed by atoms with van der Waals surface area (Å²) < 4.78 is 5.92. The maximum Gasteiger partial charge on any atom is 0.134 e. The molecule has 0 radical (unpaired) electrons. The van der Waals surface area contributed by atoms with Gasteiger partial charge in [-0.15, -0.1) is 0 Å². The molecule has 0 saturated heterocycles. The topological polar surface area (TPSA) is 25.2 Å². The highest BCUT2D eigenvalue weighted by Crippen LogP contribution is 2.29. The second-order valence-electron chi connectivity index (χ2n) is 5.64. The first-order valence-electron chi connectivity index (χ1n) is 7.16. The van der Waals surface area contributed by atoms with Crippen molar-refractivity contribution in [1.82, 2.24) is 5.32 Å². The smallest absolute Gasteiger partial charge is 0.134 e. The summed E-state index contributed by atoms with van der Waals surface area (Å²) in [6, 6.07) is 11.4. The van der Waals surface area contributed by atoms with Crippen LogP contribution in [0.4, 0.5) is 0 Å². The molecule has 0 bridgehead atoms. The van der Waals surface area contributed by atoms with Crippen molar-refractivity contribution in [2.45, 2.75) is 45.7 Å². The molecule has 0 unspecified atom stereocenters. The van der Waals surface area contributed by atoms with Gasteiger partial charge in [0.1, 0.15) is 11.5 Å². The molecule has 2 nitrogen and oxygen atoms in total. The van der Waals surface area contributed by atoms with Gasteiger partial charge in [-0.1, -0.05) is 26.0 Å². The van der Waals surface area contributed by atoms with E-state index >= 15 is 0 Å². The fourth-order valence-corrected chi connectivity index (χ4v) is 2.66. The minimum absolute atomic E-state index is 0.480. The Labute approximate surface area is 114 Å². The third kappa shape index (κ3) is 2.74. The van der Waals surface area contributed by atoms with Gasteiger partial charge in [0.2, 0.25) is 0 Å². The summed E-state index contributed by atoms with van der Waals surface area (Å²) >= 11 is 0. The largest absolute Gasteiger partial charge is 0.460 e. The Kier molecular flexibility index (Phi) is 3.43. The Hall–Kier alpha value is -1.54. The van der Waals surface area contributed by atoms with Crippen LogP contribution in [0, 0.1) is 0 Å². The van der Waals surface area contributed by atoms with Gasteiger partial charge in [-0.2, -0.15) is 0 Å². The molecule has 0 atom stereocenters. The zero-order valence-electron chi connectivity index (χ0n) is 11.7. The molecule has 1 aliphatic rings. The van der Waals surface area contributed by atoms with Gasteiger partial charge in [-0.3, -0.25) is 0 Å². The van der Waals surface area contributed by atoms with E-state index in [1.807, 2.05) is 0 Å². The number of hydrogen-bond donors (Lipinski definition) is 1. The van der Waals surface area contributed by atoms with E-state index in [2.05, 4.69) is 49.5 Å².